The zero-order chi connectivity index (χ0) is 19.7. The fraction of sp³-hybridized carbons (Fsp3) is 0.500. The molecule has 0 radical (unpaired) electrons. The highest BCUT2D eigenvalue weighted by molar-refractivity contribution is 9.10. The van der Waals surface area contributed by atoms with Gasteiger partial charge >= 0.3 is 12.1 Å². The number of carboxylic acid groups (broad SMARTS) is 1. The van der Waals surface area contributed by atoms with E-state index >= 15 is 0 Å². The molecule has 0 spiro atoms. The molecule has 7 nitrogen and oxygen atoms in total. The first-order valence-corrected chi connectivity index (χ1v) is 8.95. The van der Waals surface area contributed by atoms with Crippen molar-refractivity contribution in [2.75, 3.05) is 6.54 Å². The summed E-state index contributed by atoms with van der Waals surface area (Å²) in [4.78, 5) is 38.2. The first-order chi connectivity index (χ1) is 11.9. The van der Waals surface area contributed by atoms with Crippen molar-refractivity contribution in [1.82, 2.24) is 4.90 Å². The smallest absolute Gasteiger partial charge is 0.411 e. The van der Waals surface area contributed by atoms with Gasteiger partial charge < -0.3 is 14.9 Å². The Labute approximate surface area is 160 Å². The van der Waals surface area contributed by atoms with Crippen molar-refractivity contribution in [3.63, 3.8) is 0 Å². The van der Waals surface area contributed by atoms with Crippen molar-refractivity contribution in [1.29, 1.82) is 0 Å². The van der Waals surface area contributed by atoms with Gasteiger partial charge in [0.15, 0.2) is 11.3 Å². The fourth-order valence-corrected chi connectivity index (χ4v) is 3.23. The van der Waals surface area contributed by atoms with Crippen LogP contribution in [0.1, 0.15) is 44.0 Å². The molecule has 0 aromatic heterocycles. The lowest BCUT2D eigenvalue weighted by atomic mass is 9.87. The molecule has 1 heterocycles. The number of benzene rings is 1. The number of nitrogens with zero attached hydrogens (tertiary/aromatic N) is 1. The Morgan fingerprint density at radius 1 is 1.27 bits per heavy atom. The maximum absolute atomic E-state index is 12.6. The van der Waals surface area contributed by atoms with Crippen molar-refractivity contribution < 1.29 is 29.3 Å². The van der Waals surface area contributed by atoms with Crippen molar-refractivity contribution in [3.8, 4) is 0 Å². The van der Waals surface area contributed by atoms with Crippen LogP contribution in [0.15, 0.2) is 28.7 Å². The molecule has 142 valence electrons. The molecule has 0 saturated carbocycles. The second-order valence-electron chi connectivity index (χ2n) is 7.39. The van der Waals surface area contributed by atoms with E-state index in [0.717, 1.165) is 9.37 Å². The second kappa shape index (κ2) is 7.36. The minimum Gasteiger partial charge on any atom is -0.479 e. The third kappa shape index (κ3) is 4.42. The van der Waals surface area contributed by atoms with E-state index in [2.05, 4.69) is 15.9 Å². The Morgan fingerprint density at radius 3 is 2.35 bits per heavy atom. The highest BCUT2D eigenvalue weighted by atomic mass is 79.9. The molecule has 2 atom stereocenters. The summed E-state index contributed by atoms with van der Waals surface area (Å²) in [5.74, 6) is -1.77. The molecule has 1 saturated heterocycles. The zero-order valence-corrected chi connectivity index (χ0v) is 16.4. The third-order valence-electron chi connectivity index (χ3n) is 4.11. The number of hydrogen-bond donors (Lipinski definition) is 2. The van der Waals surface area contributed by atoms with Crippen LogP contribution in [0.25, 0.3) is 0 Å². The highest BCUT2D eigenvalue weighted by Crippen LogP contribution is 2.35. The van der Waals surface area contributed by atoms with Crippen LogP contribution in [-0.2, 0) is 9.53 Å². The molecule has 8 heteroatoms. The summed E-state index contributed by atoms with van der Waals surface area (Å²) >= 11 is 3.27. The third-order valence-corrected chi connectivity index (χ3v) is 4.64. The largest absolute Gasteiger partial charge is 0.479 e. The van der Waals surface area contributed by atoms with Gasteiger partial charge in [-0.25, -0.2) is 9.59 Å². The van der Waals surface area contributed by atoms with Gasteiger partial charge in [-0.2, -0.15) is 0 Å². The summed E-state index contributed by atoms with van der Waals surface area (Å²) in [7, 11) is 0. The molecule has 1 aliphatic rings. The minimum atomic E-state index is -1.84. The first kappa shape index (κ1) is 20.4. The van der Waals surface area contributed by atoms with E-state index in [9.17, 15) is 24.6 Å². The maximum atomic E-state index is 12.6. The van der Waals surface area contributed by atoms with Gasteiger partial charge in [-0.1, -0.05) is 28.1 Å². The van der Waals surface area contributed by atoms with E-state index in [1.165, 1.54) is 0 Å². The Bertz CT molecular complexity index is 711. The number of ether oxygens (including phenoxy) is 1. The number of β-amino-alcohol motifs (C(OH)–C–C–N with tert-alkyl or cyclic N) is 1. The summed E-state index contributed by atoms with van der Waals surface area (Å²) in [6.07, 6.45) is -2.58. The lowest BCUT2D eigenvalue weighted by molar-refractivity contribution is -0.149. The first-order valence-electron chi connectivity index (χ1n) is 8.15. The van der Waals surface area contributed by atoms with E-state index < -0.39 is 41.5 Å². The lowest BCUT2D eigenvalue weighted by Gasteiger charge is -2.35. The monoisotopic (exact) mass is 427 g/mol. The maximum Gasteiger partial charge on any atom is 0.411 e. The van der Waals surface area contributed by atoms with Crippen LogP contribution in [0, 0.1) is 0 Å². The number of carbonyl (C=O) groups excluding carboxylic acids is 2. The van der Waals surface area contributed by atoms with E-state index in [-0.39, 0.29) is 13.0 Å². The van der Waals surface area contributed by atoms with Crippen molar-refractivity contribution >= 4 is 33.8 Å². The molecular weight excluding hydrogens is 406 g/mol. The summed E-state index contributed by atoms with van der Waals surface area (Å²) < 4.78 is 6.06. The molecule has 2 rings (SSSR count). The number of carboxylic acids is 1. The number of ketones is 1. The average Bonchev–Trinajstić information content (AvgIpc) is 2.84. The second-order valence-corrected chi connectivity index (χ2v) is 8.31. The molecule has 2 unspecified atom stereocenters. The van der Waals surface area contributed by atoms with E-state index in [1.807, 2.05) is 0 Å². The van der Waals surface area contributed by atoms with Gasteiger partial charge in [0.25, 0.3) is 0 Å². The Morgan fingerprint density at radius 2 is 1.85 bits per heavy atom. The quantitative estimate of drug-likeness (QED) is 0.715. The number of Topliss-reactive ketones (excluding diaryl/α,β-unsaturated/α-hetero) is 1. The van der Waals surface area contributed by atoms with Crippen LogP contribution >= 0.6 is 15.9 Å². The number of hydrogen-bond acceptors (Lipinski definition) is 5. The SMILES string of the molecule is CC(C)(C)OC(=O)N1CC(O)CC1(CC(=O)c1ccc(Br)cc1)C(=O)O. The summed E-state index contributed by atoms with van der Waals surface area (Å²) in [6, 6.07) is 6.50. The molecule has 2 N–H and O–H groups in total. The molecule has 1 aromatic carbocycles. The Kier molecular flexibility index (Phi) is 5.77. The zero-order valence-electron chi connectivity index (χ0n) is 14.9. The Balaban J connectivity index is 2.33. The molecule has 1 aliphatic heterocycles. The minimum absolute atomic E-state index is 0.200. The van der Waals surface area contributed by atoms with E-state index in [4.69, 9.17) is 4.74 Å². The molecular formula is C18H22BrNO6. The molecule has 0 bridgehead atoms. The molecule has 1 fully saturated rings. The van der Waals surface area contributed by atoms with Gasteiger partial charge in [0.1, 0.15) is 5.60 Å². The predicted octanol–water partition coefficient (Wildman–Crippen LogP) is 2.85. The van der Waals surface area contributed by atoms with E-state index in [0.29, 0.717) is 5.56 Å². The van der Waals surface area contributed by atoms with Crippen molar-refractivity contribution in [2.45, 2.75) is 50.9 Å². The van der Waals surface area contributed by atoms with Crippen LogP contribution in [0.5, 0.6) is 0 Å². The number of carbonyl (C=O) groups is 3. The number of likely N-dealkylation sites (tertiary alicyclic amines) is 1. The molecule has 1 amide bonds. The number of aliphatic carboxylic acids is 1. The number of halogens is 1. The van der Waals surface area contributed by atoms with Gasteiger partial charge in [-0.3, -0.25) is 9.69 Å². The molecule has 26 heavy (non-hydrogen) atoms. The van der Waals surface area contributed by atoms with Crippen LogP contribution < -0.4 is 0 Å². The summed E-state index contributed by atoms with van der Waals surface area (Å²) in [5.41, 5.74) is -2.34. The van der Waals surface area contributed by atoms with Gasteiger partial charge in [-0.05, 0) is 32.9 Å². The van der Waals surface area contributed by atoms with Gasteiger partial charge in [0, 0.05) is 22.9 Å². The number of rotatable bonds is 4. The van der Waals surface area contributed by atoms with E-state index in [1.54, 1.807) is 45.0 Å². The van der Waals surface area contributed by atoms with Gasteiger partial charge in [0.05, 0.1) is 12.6 Å². The van der Waals surface area contributed by atoms with Gasteiger partial charge in [0.2, 0.25) is 0 Å². The predicted molar refractivity (Wildman–Crippen MR) is 97.0 cm³/mol. The average molecular weight is 428 g/mol. The van der Waals surface area contributed by atoms with Crippen LogP contribution in [0.4, 0.5) is 4.79 Å². The van der Waals surface area contributed by atoms with Crippen LogP contribution in [0.2, 0.25) is 0 Å². The summed E-state index contributed by atoms with van der Waals surface area (Å²) in [5, 5.41) is 19.8. The highest BCUT2D eigenvalue weighted by Gasteiger charge is 2.55. The molecule has 1 aromatic rings. The fourth-order valence-electron chi connectivity index (χ4n) is 2.97. The van der Waals surface area contributed by atoms with Crippen molar-refractivity contribution in [2.24, 2.45) is 0 Å². The normalized spacial score (nSPS) is 23.0. The lowest BCUT2D eigenvalue weighted by Crippen LogP contribution is -2.55. The topological polar surface area (TPSA) is 104 Å². The number of amides is 1. The standard InChI is InChI=1S/C18H22BrNO6/c1-17(2,3)26-16(25)20-10-13(21)8-18(20,15(23)24)9-14(22)11-4-6-12(19)7-5-11/h4-7,13,21H,8-10H2,1-3H3,(H,23,24). The Hall–Kier alpha value is -1.93. The van der Waals surface area contributed by atoms with Crippen LogP contribution in [-0.4, -0.2) is 56.7 Å². The number of aliphatic hydroxyl groups is 1. The number of aliphatic hydroxyl groups excluding tert-OH is 1. The van der Waals surface area contributed by atoms with Crippen molar-refractivity contribution in [3.05, 3.63) is 34.3 Å². The molecule has 0 aliphatic carbocycles. The van der Waals surface area contributed by atoms with Gasteiger partial charge in [-0.15, -0.1) is 0 Å². The summed E-state index contributed by atoms with van der Waals surface area (Å²) in [6.45, 7) is 4.78. The van der Waals surface area contributed by atoms with Crippen LogP contribution in [0.3, 0.4) is 0 Å².